The van der Waals surface area contributed by atoms with Crippen LogP contribution in [0.25, 0.3) is 0 Å². The molecule has 1 N–H and O–H groups in total. The van der Waals surface area contributed by atoms with E-state index in [1.807, 2.05) is 13.8 Å². The standard InChI is InChI=1S/C18H22FNO4S/c1-4-23-17-11-6-14(12-18(17)24-5-2)13(3)20-25(21,22)16-9-7-15(19)8-10-16/h6-13,20H,4-5H2,1-3H3/t13-/m0/s1. The van der Waals surface area contributed by atoms with Crippen LogP contribution in [0.1, 0.15) is 32.4 Å². The molecule has 5 nitrogen and oxygen atoms in total. The van der Waals surface area contributed by atoms with Gasteiger partial charge in [-0.3, -0.25) is 0 Å². The summed E-state index contributed by atoms with van der Waals surface area (Å²) in [6.45, 7) is 6.45. The summed E-state index contributed by atoms with van der Waals surface area (Å²) in [5.41, 5.74) is 0.734. The fourth-order valence-electron chi connectivity index (χ4n) is 2.32. The first-order chi connectivity index (χ1) is 11.9. The highest BCUT2D eigenvalue weighted by Gasteiger charge is 2.19. The van der Waals surface area contributed by atoms with Gasteiger partial charge in [-0.25, -0.2) is 17.5 Å². The van der Waals surface area contributed by atoms with E-state index in [-0.39, 0.29) is 4.90 Å². The van der Waals surface area contributed by atoms with Gasteiger partial charge in [0.25, 0.3) is 0 Å². The molecule has 2 aromatic carbocycles. The molecule has 0 amide bonds. The van der Waals surface area contributed by atoms with Crippen molar-refractivity contribution in [2.24, 2.45) is 0 Å². The molecule has 0 unspecified atom stereocenters. The highest BCUT2D eigenvalue weighted by Crippen LogP contribution is 2.31. The maximum Gasteiger partial charge on any atom is 0.241 e. The van der Waals surface area contributed by atoms with Crippen LogP contribution in [0, 0.1) is 5.82 Å². The van der Waals surface area contributed by atoms with Gasteiger partial charge in [-0.2, -0.15) is 0 Å². The van der Waals surface area contributed by atoms with E-state index >= 15 is 0 Å². The van der Waals surface area contributed by atoms with Gasteiger partial charge in [0.1, 0.15) is 5.82 Å². The third kappa shape index (κ3) is 4.93. The van der Waals surface area contributed by atoms with E-state index in [2.05, 4.69) is 4.72 Å². The Bertz CT molecular complexity index is 806. The lowest BCUT2D eigenvalue weighted by Crippen LogP contribution is -2.27. The molecule has 0 aliphatic carbocycles. The van der Waals surface area contributed by atoms with Crippen LogP contribution in [0.15, 0.2) is 47.4 Å². The topological polar surface area (TPSA) is 64.6 Å². The first-order valence-corrected chi connectivity index (χ1v) is 9.53. The Labute approximate surface area is 147 Å². The Hall–Kier alpha value is -2.12. The fraction of sp³-hybridized carbons (Fsp3) is 0.333. The number of sulfonamides is 1. The second kappa shape index (κ2) is 8.31. The third-order valence-corrected chi connectivity index (χ3v) is 5.08. The molecule has 1 atom stereocenters. The van der Waals surface area contributed by atoms with Gasteiger partial charge in [-0.1, -0.05) is 6.07 Å². The lowest BCUT2D eigenvalue weighted by molar-refractivity contribution is 0.287. The predicted octanol–water partition coefficient (Wildman–Crippen LogP) is 3.66. The van der Waals surface area contributed by atoms with E-state index in [9.17, 15) is 12.8 Å². The molecule has 0 heterocycles. The smallest absolute Gasteiger partial charge is 0.241 e. The summed E-state index contributed by atoms with van der Waals surface area (Å²) in [4.78, 5) is 0.0109. The van der Waals surface area contributed by atoms with Crippen molar-refractivity contribution in [1.82, 2.24) is 4.72 Å². The summed E-state index contributed by atoms with van der Waals surface area (Å²) in [7, 11) is -3.76. The average Bonchev–Trinajstić information content (AvgIpc) is 2.57. The Morgan fingerprint density at radius 2 is 1.60 bits per heavy atom. The van der Waals surface area contributed by atoms with Crippen LogP contribution < -0.4 is 14.2 Å². The number of hydrogen-bond acceptors (Lipinski definition) is 4. The minimum atomic E-state index is -3.76. The normalized spacial score (nSPS) is 12.6. The van der Waals surface area contributed by atoms with Crippen molar-refractivity contribution in [3.63, 3.8) is 0 Å². The first kappa shape index (κ1) is 19.2. The van der Waals surface area contributed by atoms with Gasteiger partial charge in [-0.05, 0) is 62.7 Å². The maximum absolute atomic E-state index is 13.0. The van der Waals surface area contributed by atoms with E-state index in [1.54, 1.807) is 25.1 Å². The number of rotatable bonds is 8. The predicted molar refractivity (Wildman–Crippen MR) is 93.9 cm³/mol. The lowest BCUT2D eigenvalue weighted by Gasteiger charge is -2.17. The minimum Gasteiger partial charge on any atom is -0.490 e. The number of nitrogens with one attached hydrogen (secondary N) is 1. The second-order valence-corrected chi connectivity index (χ2v) is 7.08. The summed E-state index contributed by atoms with van der Waals surface area (Å²) in [5, 5.41) is 0. The number of benzene rings is 2. The van der Waals surface area contributed by atoms with Gasteiger partial charge in [0.05, 0.1) is 18.1 Å². The second-order valence-electron chi connectivity index (χ2n) is 5.37. The van der Waals surface area contributed by atoms with Crippen molar-refractivity contribution in [1.29, 1.82) is 0 Å². The number of hydrogen-bond donors (Lipinski definition) is 1. The molecule has 25 heavy (non-hydrogen) atoms. The van der Waals surface area contributed by atoms with E-state index in [0.29, 0.717) is 24.7 Å². The van der Waals surface area contributed by atoms with Crippen LogP contribution in [0.2, 0.25) is 0 Å². The molecule has 136 valence electrons. The lowest BCUT2D eigenvalue weighted by atomic mass is 10.1. The van der Waals surface area contributed by atoms with Crippen LogP contribution in [0.3, 0.4) is 0 Å². The van der Waals surface area contributed by atoms with Crippen LogP contribution >= 0.6 is 0 Å². The summed E-state index contributed by atoms with van der Waals surface area (Å²) in [6.07, 6.45) is 0. The monoisotopic (exact) mass is 367 g/mol. The zero-order valence-corrected chi connectivity index (χ0v) is 15.3. The van der Waals surface area contributed by atoms with Crippen molar-refractivity contribution < 1.29 is 22.3 Å². The molecule has 7 heteroatoms. The van der Waals surface area contributed by atoms with E-state index in [1.165, 1.54) is 12.1 Å². The van der Waals surface area contributed by atoms with Crippen molar-refractivity contribution in [3.8, 4) is 11.5 Å². The van der Waals surface area contributed by atoms with Gasteiger partial charge >= 0.3 is 0 Å². The van der Waals surface area contributed by atoms with Crippen LogP contribution in [-0.4, -0.2) is 21.6 Å². The largest absolute Gasteiger partial charge is 0.490 e. The Kier molecular flexibility index (Phi) is 6.39. The van der Waals surface area contributed by atoms with E-state index in [4.69, 9.17) is 9.47 Å². The molecule has 0 aliphatic rings. The fourth-order valence-corrected chi connectivity index (χ4v) is 3.55. The van der Waals surface area contributed by atoms with Crippen molar-refractivity contribution in [2.45, 2.75) is 31.7 Å². The molecule has 0 radical (unpaired) electrons. The SMILES string of the molecule is CCOc1ccc([C@H](C)NS(=O)(=O)c2ccc(F)cc2)cc1OCC. The van der Waals surface area contributed by atoms with Gasteiger partial charge < -0.3 is 9.47 Å². The summed E-state index contributed by atoms with van der Waals surface area (Å²) >= 11 is 0. The Balaban J connectivity index is 2.23. The molecule has 0 aromatic heterocycles. The quantitative estimate of drug-likeness (QED) is 0.773. The summed E-state index contributed by atoms with van der Waals surface area (Å²) in [5.74, 6) is 0.691. The van der Waals surface area contributed by atoms with Crippen LogP contribution in [0.4, 0.5) is 4.39 Å². The van der Waals surface area contributed by atoms with Gasteiger partial charge in [0.2, 0.25) is 10.0 Å². The highest BCUT2D eigenvalue weighted by molar-refractivity contribution is 7.89. The zero-order valence-electron chi connectivity index (χ0n) is 14.5. The van der Waals surface area contributed by atoms with E-state index < -0.39 is 21.9 Å². The number of ether oxygens (including phenoxy) is 2. The molecule has 0 bridgehead atoms. The third-order valence-electron chi connectivity index (χ3n) is 3.52. The van der Waals surface area contributed by atoms with Crippen molar-refractivity contribution in [2.75, 3.05) is 13.2 Å². The first-order valence-electron chi connectivity index (χ1n) is 8.04. The molecule has 0 saturated heterocycles. The molecule has 0 fully saturated rings. The molecule has 0 aliphatic heterocycles. The molecular formula is C18H22FNO4S. The Morgan fingerprint density at radius 1 is 1.00 bits per heavy atom. The van der Waals surface area contributed by atoms with Crippen LogP contribution in [0.5, 0.6) is 11.5 Å². The van der Waals surface area contributed by atoms with Gasteiger partial charge in [0.15, 0.2) is 11.5 Å². The van der Waals surface area contributed by atoms with Gasteiger partial charge in [0, 0.05) is 6.04 Å². The van der Waals surface area contributed by atoms with Crippen molar-refractivity contribution >= 4 is 10.0 Å². The molecule has 2 rings (SSSR count). The summed E-state index contributed by atoms with van der Waals surface area (Å²) in [6, 6.07) is 9.49. The maximum atomic E-state index is 13.0. The zero-order chi connectivity index (χ0) is 18.4. The minimum absolute atomic E-state index is 0.0109. The molecule has 0 saturated carbocycles. The number of halogens is 1. The highest BCUT2D eigenvalue weighted by atomic mass is 32.2. The van der Waals surface area contributed by atoms with Gasteiger partial charge in [-0.15, -0.1) is 0 Å². The molecular weight excluding hydrogens is 345 g/mol. The summed E-state index contributed by atoms with van der Waals surface area (Å²) < 4.78 is 51.5. The van der Waals surface area contributed by atoms with Crippen molar-refractivity contribution in [3.05, 3.63) is 53.8 Å². The molecule has 2 aromatic rings. The Morgan fingerprint density at radius 3 is 2.20 bits per heavy atom. The average molecular weight is 367 g/mol. The molecule has 0 spiro atoms. The van der Waals surface area contributed by atoms with Crippen LogP contribution in [-0.2, 0) is 10.0 Å². The van der Waals surface area contributed by atoms with E-state index in [0.717, 1.165) is 17.7 Å².